The number of thioether (sulfide) groups is 1. The minimum absolute atomic E-state index is 0.0302. The largest absolute Gasteiger partial charge is 0.497 e. The molecule has 0 radical (unpaired) electrons. The summed E-state index contributed by atoms with van der Waals surface area (Å²) in [5.41, 5.74) is 7.99. The molecule has 0 atom stereocenters. The molecule has 2 aromatic carbocycles. The third-order valence-electron chi connectivity index (χ3n) is 3.97. The van der Waals surface area contributed by atoms with Gasteiger partial charge in [0.05, 0.1) is 7.11 Å². The molecule has 3 rings (SSSR count). The Bertz CT molecular complexity index is 1050. The van der Waals surface area contributed by atoms with E-state index in [1.165, 1.54) is 11.8 Å². The lowest BCUT2D eigenvalue weighted by Gasteiger charge is -2.09. The first-order valence-electron chi connectivity index (χ1n) is 8.50. The van der Waals surface area contributed by atoms with Crippen molar-refractivity contribution in [1.82, 2.24) is 9.97 Å². The van der Waals surface area contributed by atoms with Crippen LogP contribution in [0.15, 0.2) is 58.5 Å². The number of nitrogens with one attached hydrogen (secondary N) is 2. The van der Waals surface area contributed by atoms with E-state index in [2.05, 4.69) is 21.4 Å². The van der Waals surface area contributed by atoms with Gasteiger partial charge in [0.25, 0.3) is 11.5 Å². The maximum Gasteiger partial charge on any atom is 0.277 e. The molecule has 0 aliphatic rings. The average Bonchev–Trinajstić information content (AvgIpc) is 2.69. The summed E-state index contributed by atoms with van der Waals surface area (Å²) in [6.07, 6.45) is 0. The van der Waals surface area contributed by atoms with Crippen molar-refractivity contribution in [2.45, 2.75) is 17.8 Å². The molecule has 0 bridgehead atoms. The second-order valence-corrected chi connectivity index (χ2v) is 7.06. The van der Waals surface area contributed by atoms with Gasteiger partial charge in [-0.3, -0.25) is 14.6 Å². The quantitative estimate of drug-likeness (QED) is 0.436. The standard InChI is InChI=1S/C20H20N4O3S/c1-12-4-3-5-13(10-12)11-28-20-23-17(21)16(19(26)24-20)22-18(25)14-6-8-15(27-2)9-7-14/h3-10H,11H2,1-2H3,(H,22,25)(H3,21,23,24,26). The Morgan fingerprint density at radius 2 is 2.00 bits per heavy atom. The van der Waals surface area contributed by atoms with Gasteiger partial charge in [0.15, 0.2) is 11.0 Å². The van der Waals surface area contributed by atoms with E-state index in [-0.39, 0.29) is 11.5 Å². The van der Waals surface area contributed by atoms with Gasteiger partial charge in [0, 0.05) is 11.3 Å². The number of hydrogen-bond donors (Lipinski definition) is 3. The fourth-order valence-corrected chi connectivity index (χ4v) is 3.35. The number of nitrogens with two attached hydrogens (primary N) is 1. The van der Waals surface area contributed by atoms with Gasteiger partial charge < -0.3 is 15.8 Å². The summed E-state index contributed by atoms with van der Waals surface area (Å²) < 4.78 is 5.06. The van der Waals surface area contributed by atoms with Gasteiger partial charge in [-0.25, -0.2) is 4.98 Å². The van der Waals surface area contributed by atoms with E-state index in [9.17, 15) is 9.59 Å². The van der Waals surface area contributed by atoms with Gasteiger partial charge in [-0.05, 0) is 36.8 Å². The molecule has 1 amide bonds. The summed E-state index contributed by atoms with van der Waals surface area (Å²) in [6, 6.07) is 14.6. The van der Waals surface area contributed by atoms with Crippen molar-refractivity contribution >= 4 is 29.2 Å². The van der Waals surface area contributed by atoms with Gasteiger partial charge in [-0.1, -0.05) is 41.6 Å². The van der Waals surface area contributed by atoms with Crippen LogP contribution in [0.1, 0.15) is 21.5 Å². The summed E-state index contributed by atoms with van der Waals surface area (Å²) in [6.45, 7) is 2.02. The molecule has 3 aromatic rings. The number of rotatable bonds is 6. The zero-order valence-corrected chi connectivity index (χ0v) is 16.3. The number of H-pyrrole nitrogens is 1. The summed E-state index contributed by atoms with van der Waals surface area (Å²) in [7, 11) is 1.54. The first-order chi connectivity index (χ1) is 13.5. The molecule has 0 saturated carbocycles. The number of anilines is 2. The maximum atomic E-state index is 12.4. The molecule has 8 heteroatoms. The SMILES string of the molecule is COc1ccc(C(=O)Nc2c(N)nc(SCc3cccc(C)c3)[nH]c2=O)cc1. The maximum absolute atomic E-state index is 12.4. The van der Waals surface area contributed by atoms with Crippen LogP contribution in [0, 0.1) is 6.92 Å². The zero-order chi connectivity index (χ0) is 20.1. The monoisotopic (exact) mass is 396 g/mol. The first kappa shape index (κ1) is 19.5. The Labute approximate surface area is 166 Å². The highest BCUT2D eigenvalue weighted by molar-refractivity contribution is 7.98. The number of ether oxygens (including phenoxy) is 1. The van der Waals surface area contributed by atoms with E-state index in [0.717, 1.165) is 11.1 Å². The number of aryl methyl sites for hydroxylation is 1. The zero-order valence-electron chi connectivity index (χ0n) is 15.5. The third kappa shape index (κ3) is 4.72. The highest BCUT2D eigenvalue weighted by atomic mass is 32.2. The molecule has 4 N–H and O–H groups in total. The second kappa shape index (κ2) is 8.62. The van der Waals surface area contributed by atoms with E-state index in [1.807, 2.05) is 25.1 Å². The average molecular weight is 396 g/mol. The van der Waals surface area contributed by atoms with E-state index >= 15 is 0 Å². The van der Waals surface area contributed by atoms with Crippen LogP contribution < -0.4 is 21.3 Å². The Hall–Kier alpha value is -3.26. The molecule has 0 saturated heterocycles. The van der Waals surface area contributed by atoms with E-state index in [1.54, 1.807) is 31.4 Å². The summed E-state index contributed by atoms with van der Waals surface area (Å²) in [4.78, 5) is 31.6. The number of methoxy groups -OCH3 is 1. The number of nitrogens with zero attached hydrogens (tertiary/aromatic N) is 1. The van der Waals surface area contributed by atoms with Crippen molar-refractivity contribution in [1.29, 1.82) is 0 Å². The van der Waals surface area contributed by atoms with E-state index in [4.69, 9.17) is 10.5 Å². The van der Waals surface area contributed by atoms with Crippen LogP contribution in [0.5, 0.6) is 5.75 Å². The van der Waals surface area contributed by atoms with Crippen LogP contribution in [-0.2, 0) is 5.75 Å². The van der Waals surface area contributed by atoms with Gasteiger partial charge in [-0.2, -0.15) is 0 Å². The van der Waals surface area contributed by atoms with Gasteiger partial charge >= 0.3 is 0 Å². The first-order valence-corrected chi connectivity index (χ1v) is 9.48. The van der Waals surface area contributed by atoms with Crippen LogP contribution >= 0.6 is 11.8 Å². The molecular weight excluding hydrogens is 376 g/mol. The minimum Gasteiger partial charge on any atom is -0.497 e. The molecule has 7 nitrogen and oxygen atoms in total. The number of benzene rings is 2. The number of amides is 1. The van der Waals surface area contributed by atoms with Crippen LogP contribution in [0.4, 0.5) is 11.5 Å². The fraction of sp³-hybridized carbons (Fsp3) is 0.150. The van der Waals surface area contributed by atoms with Crippen molar-refractivity contribution < 1.29 is 9.53 Å². The molecule has 0 aliphatic carbocycles. The van der Waals surface area contributed by atoms with E-state index < -0.39 is 11.5 Å². The van der Waals surface area contributed by atoms with Gasteiger partial charge in [0.2, 0.25) is 0 Å². The summed E-state index contributed by atoms with van der Waals surface area (Å²) in [5, 5.41) is 2.92. The van der Waals surface area contributed by atoms with Crippen LogP contribution in [0.2, 0.25) is 0 Å². The fourth-order valence-electron chi connectivity index (χ4n) is 2.54. The smallest absolute Gasteiger partial charge is 0.277 e. The summed E-state index contributed by atoms with van der Waals surface area (Å²) >= 11 is 1.37. The molecule has 0 unspecified atom stereocenters. The Balaban J connectivity index is 1.72. The predicted molar refractivity (Wildman–Crippen MR) is 111 cm³/mol. The second-order valence-electron chi connectivity index (χ2n) is 6.09. The highest BCUT2D eigenvalue weighted by Gasteiger charge is 2.14. The molecule has 144 valence electrons. The molecule has 0 spiro atoms. The predicted octanol–water partition coefficient (Wildman–Crippen LogP) is 3.21. The lowest BCUT2D eigenvalue weighted by Crippen LogP contribution is -2.23. The topological polar surface area (TPSA) is 110 Å². The van der Waals surface area contributed by atoms with E-state index in [0.29, 0.717) is 22.2 Å². The normalized spacial score (nSPS) is 10.5. The van der Waals surface area contributed by atoms with Crippen LogP contribution in [-0.4, -0.2) is 23.0 Å². The Kier molecular flexibility index (Phi) is 6.00. The number of aromatic amines is 1. The van der Waals surface area contributed by atoms with Crippen molar-refractivity contribution in [2.75, 3.05) is 18.2 Å². The molecule has 28 heavy (non-hydrogen) atoms. The Morgan fingerprint density at radius 1 is 1.25 bits per heavy atom. The number of carbonyl (C=O) groups is 1. The molecule has 0 fully saturated rings. The van der Waals surface area contributed by atoms with Crippen LogP contribution in [0.25, 0.3) is 0 Å². The molecule has 1 heterocycles. The molecule has 0 aliphatic heterocycles. The minimum atomic E-state index is -0.499. The number of hydrogen-bond acceptors (Lipinski definition) is 6. The van der Waals surface area contributed by atoms with Gasteiger partial charge in [0.1, 0.15) is 11.4 Å². The number of carbonyl (C=O) groups excluding carboxylic acids is 1. The van der Waals surface area contributed by atoms with Crippen LogP contribution in [0.3, 0.4) is 0 Å². The number of nitrogen functional groups attached to an aromatic ring is 1. The van der Waals surface area contributed by atoms with Crippen molar-refractivity contribution in [3.8, 4) is 5.75 Å². The van der Waals surface area contributed by atoms with Crippen molar-refractivity contribution in [2.24, 2.45) is 0 Å². The number of aromatic nitrogens is 2. The highest BCUT2D eigenvalue weighted by Crippen LogP contribution is 2.22. The van der Waals surface area contributed by atoms with Gasteiger partial charge in [-0.15, -0.1) is 0 Å². The third-order valence-corrected chi connectivity index (χ3v) is 4.92. The molecular formula is C20H20N4O3S. The Morgan fingerprint density at radius 3 is 2.64 bits per heavy atom. The van der Waals surface area contributed by atoms with Crippen molar-refractivity contribution in [3.05, 3.63) is 75.6 Å². The lowest BCUT2D eigenvalue weighted by molar-refractivity contribution is 0.102. The summed E-state index contributed by atoms with van der Waals surface area (Å²) in [5.74, 6) is 0.784. The lowest BCUT2D eigenvalue weighted by atomic mass is 10.2. The molecule has 1 aromatic heterocycles. The van der Waals surface area contributed by atoms with Crippen molar-refractivity contribution in [3.63, 3.8) is 0 Å².